The average Bonchev–Trinajstić information content (AvgIpc) is 3.21. The molecule has 2 heterocycles. The van der Waals surface area contributed by atoms with Crippen LogP contribution in [0.5, 0.6) is 0 Å². The molecule has 11 heteroatoms. The van der Waals surface area contributed by atoms with Crippen molar-refractivity contribution >= 4 is 0 Å². The Morgan fingerprint density at radius 3 is 2.52 bits per heavy atom. The van der Waals surface area contributed by atoms with E-state index in [-0.39, 0.29) is 23.4 Å². The van der Waals surface area contributed by atoms with E-state index in [2.05, 4.69) is 10.2 Å². The van der Waals surface area contributed by atoms with Crippen molar-refractivity contribution < 1.29 is 31.4 Å². The fraction of sp³-hybridized carbons (Fsp3) is 0.333. The van der Waals surface area contributed by atoms with Crippen LogP contribution in [0.15, 0.2) is 36.7 Å². The molecule has 0 amide bonds. The number of hydrogen-bond donors (Lipinski definition) is 1. The van der Waals surface area contributed by atoms with Gasteiger partial charge in [-0.15, -0.1) is 0 Å². The first-order valence-electron chi connectivity index (χ1n) is 8.48. The molecule has 0 aliphatic carbocycles. The molecule has 1 aromatic carbocycles. The SMILES string of the molecule is CC(O)c1cc(F)ccc1-n1nc(C(F)(F)F)cc1Cc1cnn(CC(F)F)c1. The van der Waals surface area contributed by atoms with Gasteiger partial charge in [0, 0.05) is 23.9 Å². The number of hydrogen-bond acceptors (Lipinski definition) is 3. The largest absolute Gasteiger partial charge is 0.435 e. The smallest absolute Gasteiger partial charge is 0.389 e. The van der Waals surface area contributed by atoms with E-state index in [1.54, 1.807) is 0 Å². The molecule has 0 bridgehead atoms. The fourth-order valence-electron chi connectivity index (χ4n) is 2.89. The summed E-state index contributed by atoms with van der Waals surface area (Å²) in [5.41, 5.74) is -0.583. The molecule has 0 saturated carbocycles. The van der Waals surface area contributed by atoms with Gasteiger partial charge in [0.05, 0.1) is 18.0 Å². The zero-order valence-corrected chi connectivity index (χ0v) is 15.0. The molecule has 0 aliphatic rings. The minimum Gasteiger partial charge on any atom is -0.389 e. The van der Waals surface area contributed by atoms with Crippen LogP contribution in [-0.2, 0) is 19.1 Å². The van der Waals surface area contributed by atoms with Crippen LogP contribution < -0.4 is 0 Å². The minimum atomic E-state index is -4.73. The lowest BCUT2D eigenvalue weighted by Crippen LogP contribution is -2.10. The van der Waals surface area contributed by atoms with E-state index in [0.717, 1.165) is 27.6 Å². The molecule has 29 heavy (non-hydrogen) atoms. The summed E-state index contributed by atoms with van der Waals surface area (Å²) in [6, 6.07) is 4.09. The van der Waals surface area contributed by atoms with E-state index in [1.165, 1.54) is 25.4 Å². The number of aliphatic hydroxyl groups is 1. The number of nitrogens with zero attached hydrogens (tertiary/aromatic N) is 4. The van der Waals surface area contributed by atoms with Gasteiger partial charge in [0.25, 0.3) is 6.43 Å². The van der Waals surface area contributed by atoms with Gasteiger partial charge in [0.15, 0.2) is 5.69 Å². The van der Waals surface area contributed by atoms with E-state index < -0.39 is 36.8 Å². The summed E-state index contributed by atoms with van der Waals surface area (Å²) >= 11 is 0. The Kier molecular flexibility index (Phi) is 5.69. The van der Waals surface area contributed by atoms with Gasteiger partial charge in [-0.1, -0.05) is 0 Å². The highest BCUT2D eigenvalue weighted by molar-refractivity contribution is 5.44. The van der Waals surface area contributed by atoms with Crippen LogP contribution in [0, 0.1) is 5.82 Å². The molecule has 3 rings (SSSR count). The Hall–Kier alpha value is -2.82. The molecule has 2 aromatic heterocycles. The van der Waals surface area contributed by atoms with Crippen LogP contribution in [0.25, 0.3) is 5.69 Å². The van der Waals surface area contributed by atoms with Crippen molar-refractivity contribution in [2.24, 2.45) is 0 Å². The van der Waals surface area contributed by atoms with Crippen molar-refractivity contribution in [3.63, 3.8) is 0 Å². The van der Waals surface area contributed by atoms with E-state index >= 15 is 0 Å². The lowest BCUT2D eigenvalue weighted by Gasteiger charge is -2.14. The maximum Gasteiger partial charge on any atom is 0.435 e. The number of alkyl halides is 5. The first-order valence-corrected chi connectivity index (χ1v) is 8.48. The highest BCUT2D eigenvalue weighted by atomic mass is 19.4. The van der Waals surface area contributed by atoms with Gasteiger partial charge >= 0.3 is 6.18 Å². The second kappa shape index (κ2) is 7.90. The number of aliphatic hydroxyl groups excluding tert-OH is 1. The average molecular weight is 418 g/mol. The van der Waals surface area contributed by atoms with Gasteiger partial charge in [0.1, 0.15) is 12.4 Å². The Labute approximate surface area is 161 Å². The normalized spacial score (nSPS) is 13.3. The van der Waals surface area contributed by atoms with Crippen LogP contribution in [0.1, 0.15) is 35.5 Å². The maximum atomic E-state index is 13.6. The van der Waals surface area contributed by atoms with Crippen molar-refractivity contribution in [3.8, 4) is 5.69 Å². The van der Waals surface area contributed by atoms with E-state index in [9.17, 15) is 31.4 Å². The third kappa shape index (κ3) is 4.78. The van der Waals surface area contributed by atoms with Crippen LogP contribution in [-0.4, -0.2) is 31.1 Å². The summed E-state index contributed by atoms with van der Waals surface area (Å²) < 4.78 is 80.2. The van der Waals surface area contributed by atoms with E-state index in [1.807, 2.05) is 0 Å². The summed E-state index contributed by atoms with van der Waals surface area (Å²) in [5.74, 6) is -0.664. The van der Waals surface area contributed by atoms with Crippen molar-refractivity contribution in [2.45, 2.75) is 38.6 Å². The molecule has 1 N–H and O–H groups in total. The zero-order valence-electron chi connectivity index (χ0n) is 15.0. The van der Waals surface area contributed by atoms with Crippen molar-refractivity contribution in [2.75, 3.05) is 0 Å². The van der Waals surface area contributed by atoms with Crippen LogP contribution in [0.4, 0.5) is 26.3 Å². The molecule has 0 aliphatic heterocycles. The predicted molar refractivity (Wildman–Crippen MR) is 90.2 cm³/mol. The highest BCUT2D eigenvalue weighted by Crippen LogP contribution is 2.32. The summed E-state index contributed by atoms with van der Waals surface area (Å²) in [7, 11) is 0. The van der Waals surface area contributed by atoms with Gasteiger partial charge in [-0.3, -0.25) is 4.68 Å². The van der Waals surface area contributed by atoms with Gasteiger partial charge in [0.2, 0.25) is 0 Å². The lowest BCUT2D eigenvalue weighted by atomic mass is 10.1. The number of aromatic nitrogens is 4. The van der Waals surface area contributed by atoms with Crippen LogP contribution in [0.3, 0.4) is 0 Å². The zero-order chi connectivity index (χ0) is 21.3. The Bertz CT molecular complexity index is 993. The Morgan fingerprint density at radius 1 is 1.17 bits per heavy atom. The van der Waals surface area contributed by atoms with Crippen molar-refractivity contribution in [1.82, 2.24) is 19.6 Å². The fourth-order valence-corrected chi connectivity index (χ4v) is 2.89. The van der Waals surface area contributed by atoms with Crippen LogP contribution >= 0.6 is 0 Å². The van der Waals surface area contributed by atoms with Crippen LogP contribution in [0.2, 0.25) is 0 Å². The topological polar surface area (TPSA) is 55.9 Å². The van der Waals surface area contributed by atoms with Crippen molar-refractivity contribution in [3.05, 3.63) is 65.0 Å². The third-order valence-electron chi connectivity index (χ3n) is 4.14. The molecule has 1 atom stereocenters. The third-order valence-corrected chi connectivity index (χ3v) is 4.14. The molecule has 1 unspecified atom stereocenters. The molecule has 0 saturated heterocycles. The first-order chi connectivity index (χ1) is 13.5. The Morgan fingerprint density at radius 2 is 1.90 bits per heavy atom. The van der Waals surface area contributed by atoms with E-state index in [4.69, 9.17) is 0 Å². The summed E-state index contributed by atoms with van der Waals surface area (Å²) in [4.78, 5) is 0. The van der Waals surface area contributed by atoms with Gasteiger partial charge in [-0.05, 0) is 36.8 Å². The van der Waals surface area contributed by atoms with Gasteiger partial charge in [-0.25, -0.2) is 17.9 Å². The predicted octanol–water partition coefficient (Wildman–Crippen LogP) is 4.14. The molecule has 156 valence electrons. The highest BCUT2D eigenvalue weighted by Gasteiger charge is 2.35. The first kappa shape index (κ1) is 20.9. The Balaban J connectivity index is 2.06. The maximum absolute atomic E-state index is 13.6. The molecule has 0 radical (unpaired) electrons. The second-order valence-electron chi connectivity index (χ2n) is 6.45. The summed E-state index contributed by atoms with van der Waals surface area (Å²) in [6.07, 6.45) is -6.04. The molecule has 5 nitrogen and oxygen atoms in total. The molecule has 0 fully saturated rings. The quantitative estimate of drug-likeness (QED) is 0.613. The summed E-state index contributed by atoms with van der Waals surface area (Å²) in [5, 5.41) is 17.3. The van der Waals surface area contributed by atoms with Gasteiger partial charge in [-0.2, -0.15) is 23.4 Å². The number of rotatable bonds is 6. The standard InChI is InChI=1S/C18H16F6N4O/c1-10(29)14-5-12(19)2-3-15(14)28-13(6-16(26-28)18(22,23)24)4-11-7-25-27(8-11)9-17(20)21/h2-3,5-8,10,17,29H,4,9H2,1H3. The number of benzene rings is 1. The van der Waals surface area contributed by atoms with E-state index in [0.29, 0.717) is 5.56 Å². The molecule has 0 spiro atoms. The monoisotopic (exact) mass is 418 g/mol. The lowest BCUT2D eigenvalue weighted by molar-refractivity contribution is -0.141. The van der Waals surface area contributed by atoms with Gasteiger partial charge < -0.3 is 5.11 Å². The molecule has 3 aromatic rings. The second-order valence-corrected chi connectivity index (χ2v) is 6.45. The molecular formula is C18H16F6N4O. The van der Waals surface area contributed by atoms with Crippen molar-refractivity contribution in [1.29, 1.82) is 0 Å². The molecular weight excluding hydrogens is 402 g/mol. The minimum absolute atomic E-state index is 0.0523. The number of halogens is 6. The summed E-state index contributed by atoms with van der Waals surface area (Å²) in [6.45, 7) is 0.706.